The van der Waals surface area contributed by atoms with Gasteiger partial charge in [-0.2, -0.15) is 0 Å². The molecule has 0 radical (unpaired) electrons. The minimum absolute atomic E-state index is 0. The molecule has 0 amide bonds. The summed E-state index contributed by atoms with van der Waals surface area (Å²) in [6, 6.07) is 0. The quantitative estimate of drug-likeness (QED) is 0.716. The predicted molar refractivity (Wildman–Crippen MR) is 53.1 cm³/mol. The van der Waals surface area contributed by atoms with E-state index in [9.17, 15) is 0 Å². The van der Waals surface area contributed by atoms with E-state index in [2.05, 4.69) is 12.2 Å². The van der Waals surface area contributed by atoms with Gasteiger partial charge in [0.15, 0.2) is 0 Å². The summed E-state index contributed by atoms with van der Waals surface area (Å²) in [7, 11) is 0. The van der Waals surface area contributed by atoms with Crippen LogP contribution in [0.25, 0.3) is 0 Å². The van der Waals surface area contributed by atoms with Crippen LogP contribution in [0.1, 0.15) is 13.8 Å². The van der Waals surface area contributed by atoms with Crippen LogP contribution in [0, 0.1) is 5.92 Å². The molecule has 1 rings (SSSR count). The molecule has 0 aromatic rings. The van der Waals surface area contributed by atoms with Gasteiger partial charge in [-0.25, -0.2) is 0 Å². The van der Waals surface area contributed by atoms with E-state index in [1.807, 2.05) is 32.1 Å². The van der Waals surface area contributed by atoms with Gasteiger partial charge in [0.1, 0.15) is 0 Å². The Morgan fingerprint density at radius 3 is 2.07 bits per heavy atom. The first kappa shape index (κ1) is 13.7. The average molecular weight is 271 g/mol. The van der Waals surface area contributed by atoms with E-state index >= 15 is 0 Å². The maximum Gasteiger partial charge on any atom is 0.275 e. The zero-order valence-corrected chi connectivity index (χ0v) is 11.2. The molecule has 1 aliphatic carbocycles. The van der Waals surface area contributed by atoms with Gasteiger partial charge >= 0.3 is 0 Å². The first-order valence-corrected chi connectivity index (χ1v) is 4.69. The summed E-state index contributed by atoms with van der Waals surface area (Å²) in [5.74, 6) is 0.958. The molecule has 0 aromatic carbocycles. The van der Waals surface area contributed by atoms with Gasteiger partial charge in [-0.1, -0.05) is 24.3 Å². The molecule has 0 aromatic heterocycles. The Hall–Kier alpha value is -0.297. The summed E-state index contributed by atoms with van der Waals surface area (Å²) < 4.78 is 10.6. The monoisotopic (exact) mass is 270 g/mol. The Morgan fingerprint density at radius 1 is 1.14 bits per heavy atom. The van der Waals surface area contributed by atoms with Gasteiger partial charge < -0.3 is 9.47 Å². The van der Waals surface area contributed by atoms with Crippen molar-refractivity contribution in [3.8, 4) is 0 Å². The standard InChI is InChI=1S/C11H16O2.Zr/c1-3-12-11(13-4-2)9-10-7-5-6-8-10;/h5-10H,3-4H2,1-2H3;. The van der Waals surface area contributed by atoms with Crippen molar-refractivity contribution in [3.05, 3.63) is 36.3 Å². The Kier molecular flexibility index (Phi) is 7.88. The summed E-state index contributed by atoms with van der Waals surface area (Å²) in [6.45, 7) is 5.19. The SMILES string of the molecule is CCOC(=CC1C=CC=C1)OCC.[Zr]. The molecule has 1 aliphatic rings. The molecule has 0 N–H and O–H groups in total. The maximum atomic E-state index is 5.32. The summed E-state index contributed by atoms with van der Waals surface area (Å²) in [6.07, 6.45) is 10.2. The van der Waals surface area contributed by atoms with Crippen molar-refractivity contribution >= 4 is 0 Å². The van der Waals surface area contributed by atoms with E-state index < -0.39 is 0 Å². The summed E-state index contributed by atoms with van der Waals surface area (Å²) in [4.78, 5) is 0. The molecule has 0 aliphatic heterocycles. The van der Waals surface area contributed by atoms with Crippen LogP contribution in [0.3, 0.4) is 0 Å². The fraction of sp³-hybridized carbons (Fsp3) is 0.455. The summed E-state index contributed by atoms with van der Waals surface area (Å²) >= 11 is 0. The van der Waals surface area contributed by atoms with Crippen molar-refractivity contribution in [2.24, 2.45) is 5.92 Å². The van der Waals surface area contributed by atoms with Crippen LogP contribution in [0.4, 0.5) is 0 Å². The second-order valence-electron chi connectivity index (χ2n) is 2.70. The Morgan fingerprint density at radius 2 is 1.64 bits per heavy atom. The number of hydrogen-bond donors (Lipinski definition) is 0. The second kappa shape index (κ2) is 8.05. The first-order valence-electron chi connectivity index (χ1n) is 4.69. The Labute approximate surface area is 105 Å². The van der Waals surface area contributed by atoms with Crippen molar-refractivity contribution < 1.29 is 35.7 Å². The van der Waals surface area contributed by atoms with Crippen LogP contribution in [-0.2, 0) is 35.7 Å². The third kappa shape index (κ3) is 4.81. The number of ether oxygens (including phenoxy) is 2. The smallest absolute Gasteiger partial charge is 0.275 e. The molecule has 0 atom stereocenters. The number of allylic oxidation sites excluding steroid dienone is 5. The molecule has 0 spiro atoms. The fourth-order valence-electron chi connectivity index (χ4n) is 1.14. The molecule has 0 bridgehead atoms. The molecule has 0 saturated heterocycles. The zero-order valence-electron chi connectivity index (χ0n) is 8.69. The van der Waals surface area contributed by atoms with Gasteiger partial charge in [-0.05, 0) is 13.8 Å². The topological polar surface area (TPSA) is 18.5 Å². The molecule has 3 heteroatoms. The molecule has 0 unspecified atom stereocenters. The van der Waals surface area contributed by atoms with Crippen LogP contribution in [0.5, 0.6) is 0 Å². The molecule has 0 fully saturated rings. The van der Waals surface area contributed by atoms with Gasteiger partial charge in [0, 0.05) is 38.2 Å². The molecule has 0 saturated carbocycles. The van der Waals surface area contributed by atoms with Crippen molar-refractivity contribution in [2.45, 2.75) is 13.8 Å². The predicted octanol–water partition coefficient (Wildman–Crippen LogP) is 2.64. The number of hydrogen-bond acceptors (Lipinski definition) is 2. The van der Waals surface area contributed by atoms with Gasteiger partial charge in [0.05, 0.1) is 13.2 Å². The van der Waals surface area contributed by atoms with Crippen LogP contribution in [0.2, 0.25) is 0 Å². The van der Waals surface area contributed by atoms with E-state index in [1.54, 1.807) is 0 Å². The first-order chi connectivity index (χ1) is 6.36. The maximum absolute atomic E-state index is 5.32. The van der Waals surface area contributed by atoms with Crippen molar-refractivity contribution in [1.29, 1.82) is 0 Å². The van der Waals surface area contributed by atoms with E-state index in [-0.39, 0.29) is 26.2 Å². The molecule has 0 heterocycles. The second-order valence-corrected chi connectivity index (χ2v) is 2.70. The molecular formula is C11H16O2Zr. The van der Waals surface area contributed by atoms with Crippen molar-refractivity contribution in [3.63, 3.8) is 0 Å². The van der Waals surface area contributed by atoms with E-state index in [4.69, 9.17) is 9.47 Å². The summed E-state index contributed by atoms with van der Waals surface area (Å²) in [5, 5.41) is 0. The average Bonchev–Trinajstić information content (AvgIpc) is 2.58. The Balaban J connectivity index is 0.00000169. The molecular weight excluding hydrogens is 255 g/mol. The fourth-order valence-corrected chi connectivity index (χ4v) is 1.14. The van der Waals surface area contributed by atoms with Crippen LogP contribution >= 0.6 is 0 Å². The molecule has 76 valence electrons. The van der Waals surface area contributed by atoms with Crippen LogP contribution in [0.15, 0.2) is 36.3 Å². The van der Waals surface area contributed by atoms with Gasteiger partial charge in [0.25, 0.3) is 5.95 Å². The summed E-state index contributed by atoms with van der Waals surface area (Å²) in [5.41, 5.74) is 0. The van der Waals surface area contributed by atoms with Gasteiger partial charge in [-0.15, -0.1) is 0 Å². The third-order valence-electron chi connectivity index (χ3n) is 1.68. The molecule has 2 nitrogen and oxygen atoms in total. The zero-order chi connectivity index (χ0) is 9.52. The van der Waals surface area contributed by atoms with Crippen LogP contribution in [-0.4, -0.2) is 13.2 Å². The van der Waals surface area contributed by atoms with E-state index in [0.717, 1.165) is 0 Å². The largest absolute Gasteiger partial charge is 0.466 e. The van der Waals surface area contributed by atoms with E-state index in [0.29, 0.717) is 25.1 Å². The van der Waals surface area contributed by atoms with Crippen molar-refractivity contribution in [1.82, 2.24) is 0 Å². The minimum atomic E-state index is 0. The Bertz CT molecular complexity index is 211. The molecule has 14 heavy (non-hydrogen) atoms. The normalized spacial score (nSPS) is 13.6. The van der Waals surface area contributed by atoms with E-state index in [1.165, 1.54) is 0 Å². The third-order valence-corrected chi connectivity index (χ3v) is 1.68. The van der Waals surface area contributed by atoms with Gasteiger partial charge in [-0.3, -0.25) is 0 Å². The van der Waals surface area contributed by atoms with Crippen LogP contribution < -0.4 is 0 Å². The van der Waals surface area contributed by atoms with Gasteiger partial charge in [0.2, 0.25) is 0 Å². The van der Waals surface area contributed by atoms with Crippen molar-refractivity contribution in [2.75, 3.05) is 13.2 Å². The number of rotatable bonds is 5. The minimum Gasteiger partial charge on any atom is -0.466 e.